The standard InChI is InChI=1S/C24H24N2O6S/c1-16-8-9-18(14-17(16)2)26-33(29,30)20-12-10-19(11-13-20)32-15-23(27)25-22-7-5-4-6-21(22)24(28)31-3/h4-14,26H,15H2,1-3H3,(H,25,27). The highest BCUT2D eigenvalue weighted by Crippen LogP contribution is 2.21. The van der Waals surface area contributed by atoms with E-state index in [-0.39, 0.29) is 17.1 Å². The van der Waals surface area contributed by atoms with Crippen LogP contribution in [0.5, 0.6) is 5.75 Å². The number of benzene rings is 3. The molecule has 0 radical (unpaired) electrons. The topological polar surface area (TPSA) is 111 Å². The lowest BCUT2D eigenvalue weighted by Crippen LogP contribution is -2.21. The predicted molar refractivity (Wildman–Crippen MR) is 125 cm³/mol. The zero-order chi connectivity index (χ0) is 24.0. The average molecular weight is 469 g/mol. The molecule has 172 valence electrons. The Kier molecular flexibility index (Phi) is 7.34. The number of nitrogens with one attached hydrogen (secondary N) is 2. The molecule has 0 aliphatic carbocycles. The first kappa shape index (κ1) is 23.8. The van der Waals surface area contributed by atoms with Gasteiger partial charge in [0.25, 0.3) is 15.9 Å². The van der Waals surface area contributed by atoms with Gasteiger partial charge in [0.15, 0.2) is 6.61 Å². The monoisotopic (exact) mass is 468 g/mol. The van der Waals surface area contributed by atoms with Gasteiger partial charge in [0.05, 0.1) is 23.3 Å². The third-order valence-electron chi connectivity index (χ3n) is 4.87. The molecule has 0 atom stereocenters. The molecule has 8 nitrogen and oxygen atoms in total. The molecule has 1 amide bonds. The number of carbonyl (C=O) groups is 2. The van der Waals surface area contributed by atoms with Gasteiger partial charge in [-0.05, 0) is 73.5 Å². The molecule has 0 spiro atoms. The predicted octanol–water partition coefficient (Wildman–Crippen LogP) is 3.91. The number of para-hydroxylation sites is 1. The highest BCUT2D eigenvalue weighted by molar-refractivity contribution is 7.92. The minimum atomic E-state index is -3.78. The van der Waals surface area contributed by atoms with Crippen LogP contribution in [0.1, 0.15) is 21.5 Å². The van der Waals surface area contributed by atoms with Crippen LogP contribution in [0.4, 0.5) is 11.4 Å². The Morgan fingerprint density at radius 1 is 0.909 bits per heavy atom. The molecule has 0 saturated heterocycles. The normalized spacial score (nSPS) is 10.9. The molecular weight excluding hydrogens is 444 g/mol. The van der Waals surface area contributed by atoms with Crippen molar-refractivity contribution in [3.05, 3.63) is 83.4 Å². The highest BCUT2D eigenvalue weighted by Gasteiger charge is 2.16. The molecule has 3 aromatic carbocycles. The lowest BCUT2D eigenvalue weighted by Gasteiger charge is -2.12. The summed E-state index contributed by atoms with van der Waals surface area (Å²) in [5, 5.41) is 2.60. The van der Waals surface area contributed by atoms with Gasteiger partial charge < -0.3 is 14.8 Å². The number of ether oxygens (including phenoxy) is 2. The van der Waals surface area contributed by atoms with E-state index in [0.717, 1.165) is 11.1 Å². The maximum atomic E-state index is 12.6. The first-order valence-corrected chi connectivity index (χ1v) is 11.5. The first-order chi connectivity index (χ1) is 15.7. The Balaban J connectivity index is 1.61. The smallest absolute Gasteiger partial charge is 0.339 e. The summed E-state index contributed by atoms with van der Waals surface area (Å²) in [6, 6.07) is 17.5. The fraction of sp³-hybridized carbons (Fsp3) is 0.167. The zero-order valence-corrected chi connectivity index (χ0v) is 19.2. The van der Waals surface area contributed by atoms with Gasteiger partial charge in [0, 0.05) is 5.69 Å². The van der Waals surface area contributed by atoms with Gasteiger partial charge in [-0.3, -0.25) is 9.52 Å². The van der Waals surface area contributed by atoms with Crippen molar-refractivity contribution in [1.82, 2.24) is 0 Å². The Hall–Kier alpha value is -3.85. The van der Waals surface area contributed by atoms with E-state index >= 15 is 0 Å². The number of anilines is 2. The Labute approximate surface area is 192 Å². The van der Waals surface area contributed by atoms with Crippen LogP contribution in [-0.4, -0.2) is 34.0 Å². The molecule has 9 heteroatoms. The van der Waals surface area contributed by atoms with E-state index in [4.69, 9.17) is 9.47 Å². The van der Waals surface area contributed by atoms with Gasteiger partial charge in [-0.1, -0.05) is 18.2 Å². The van der Waals surface area contributed by atoms with Crippen molar-refractivity contribution in [3.63, 3.8) is 0 Å². The molecule has 0 aromatic heterocycles. The quantitative estimate of drug-likeness (QED) is 0.485. The number of aryl methyl sites for hydroxylation is 2. The maximum Gasteiger partial charge on any atom is 0.339 e. The van der Waals surface area contributed by atoms with Crippen LogP contribution in [-0.2, 0) is 19.6 Å². The van der Waals surface area contributed by atoms with E-state index in [9.17, 15) is 18.0 Å². The number of amides is 1. The summed E-state index contributed by atoms with van der Waals surface area (Å²) in [7, 11) is -2.52. The van der Waals surface area contributed by atoms with Crippen molar-refractivity contribution >= 4 is 33.3 Å². The summed E-state index contributed by atoms with van der Waals surface area (Å²) in [6.45, 7) is 3.52. The Morgan fingerprint density at radius 3 is 2.27 bits per heavy atom. The molecule has 0 aliphatic heterocycles. The molecular formula is C24H24N2O6S. The number of sulfonamides is 1. The minimum absolute atomic E-state index is 0.0598. The van der Waals surface area contributed by atoms with Crippen LogP contribution in [0, 0.1) is 13.8 Å². The summed E-state index contributed by atoms with van der Waals surface area (Å²) >= 11 is 0. The molecule has 2 N–H and O–H groups in total. The van der Waals surface area contributed by atoms with Crippen LogP contribution in [0.25, 0.3) is 0 Å². The van der Waals surface area contributed by atoms with Gasteiger partial charge >= 0.3 is 5.97 Å². The second-order valence-electron chi connectivity index (χ2n) is 7.25. The molecule has 0 bridgehead atoms. The third kappa shape index (κ3) is 6.11. The SMILES string of the molecule is COC(=O)c1ccccc1NC(=O)COc1ccc(S(=O)(=O)Nc2ccc(C)c(C)c2)cc1. The third-order valence-corrected chi connectivity index (χ3v) is 6.27. The lowest BCUT2D eigenvalue weighted by molar-refractivity contribution is -0.118. The molecule has 3 rings (SSSR count). The molecule has 0 saturated carbocycles. The van der Waals surface area contributed by atoms with E-state index in [2.05, 4.69) is 10.0 Å². The number of hydrogen-bond donors (Lipinski definition) is 2. The summed E-state index contributed by atoms with van der Waals surface area (Å²) in [4.78, 5) is 24.1. The van der Waals surface area contributed by atoms with E-state index in [1.165, 1.54) is 37.4 Å². The summed E-state index contributed by atoms with van der Waals surface area (Å²) in [5.74, 6) is -0.742. The Morgan fingerprint density at radius 2 is 1.61 bits per heavy atom. The molecule has 3 aromatic rings. The highest BCUT2D eigenvalue weighted by atomic mass is 32.2. The second kappa shape index (κ2) is 10.2. The van der Waals surface area contributed by atoms with E-state index in [0.29, 0.717) is 17.1 Å². The van der Waals surface area contributed by atoms with Crippen molar-refractivity contribution < 1.29 is 27.5 Å². The minimum Gasteiger partial charge on any atom is -0.484 e. The summed E-state index contributed by atoms with van der Waals surface area (Å²) < 4.78 is 38.0. The fourth-order valence-electron chi connectivity index (χ4n) is 2.95. The average Bonchev–Trinajstić information content (AvgIpc) is 2.80. The number of esters is 1. The van der Waals surface area contributed by atoms with Crippen LogP contribution < -0.4 is 14.8 Å². The van der Waals surface area contributed by atoms with Crippen molar-refractivity contribution in [1.29, 1.82) is 0 Å². The number of hydrogen-bond acceptors (Lipinski definition) is 6. The van der Waals surface area contributed by atoms with Crippen LogP contribution in [0.2, 0.25) is 0 Å². The lowest BCUT2D eigenvalue weighted by atomic mass is 10.1. The van der Waals surface area contributed by atoms with Crippen LogP contribution >= 0.6 is 0 Å². The van der Waals surface area contributed by atoms with Gasteiger partial charge in [-0.25, -0.2) is 13.2 Å². The molecule has 0 fully saturated rings. The zero-order valence-electron chi connectivity index (χ0n) is 18.4. The molecule has 0 unspecified atom stereocenters. The molecule has 0 heterocycles. The van der Waals surface area contributed by atoms with E-state index in [1.807, 2.05) is 19.9 Å². The Bertz CT molecular complexity index is 1270. The van der Waals surface area contributed by atoms with Gasteiger partial charge in [-0.2, -0.15) is 0 Å². The van der Waals surface area contributed by atoms with Crippen molar-refractivity contribution in [2.24, 2.45) is 0 Å². The van der Waals surface area contributed by atoms with Gasteiger partial charge in [0.2, 0.25) is 0 Å². The number of rotatable bonds is 8. The maximum absolute atomic E-state index is 12.6. The number of methoxy groups -OCH3 is 1. The van der Waals surface area contributed by atoms with Crippen LogP contribution in [0.3, 0.4) is 0 Å². The van der Waals surface area contributed by atoms with Crippen LogP contribution in [0.15, 0.2) is 71.6 Å². The van der Waals surface area contributed by atoms with Crippen molar-refractivity contribution in [2.75, 3.05) is 23.8 Å². The first-order valence-electron chi connectivity index (χ1n) is 10.00. The van der Waals surface area contributed by atoms with E-state index < -0.39 is 21.9 Å². The summed E-state index contributed by atoms with van der Waals surface area (Å²) in [5.41, 5.74) is 3.04. The van der Waals surface area contributed by atoms with Gasteiger partial charge in [0.1, 0.15) is 5.75 Å². The summed E-state index contributed by atoms with van der Waals surface area (Å²) in [6.07, 6.45) is 0. The van der Waals surface area contributed by atoms with Crippen molar-refractivity contribution in [2.45, 2.75) is 18.7 Å². The molecule has 33 heavy (non-hydrogen) atoms. The van der Waals surface area contributed by atoms with Gasteiger partial charge in [-0.15, -0.1) is 0 Å². The fourth-order valence-corrected chi connectivity index (χ4v) is 4.00. The van der Waals surface area contributed by atoms with Crippen molar-refractivity contribution in [3.8, 4) is 5.75 Å². The molecule has 0 aliphatic rings. The second-order valence-corrected chi connectivity index (χ2v) is 8.93. The van der Waals surface area contributed by atoms with E-state index in [1.54, 1.807) is 30.3 Å². The number of carbonyl (C=O) groups excluding carboxylic acids is 2. The largest absolute Gasteiger partial charge is 0.484 e.